The molecule has 0 aliphatic carbocycles. The summed E-state index contributed by atoms with van der Waals surface area (Å²) in [5, 5.41) is 12.9. The first-order chi connectivity index (χ1) is 16.7. The van der Waals surface area contributed by atoms with Gasteiger partial charge in [-0.05, 0) is 42.5 Å². The summed E-state index contributed by atoms with van der Waals surface area (Å²) in [6.45, 7) is 1.74. The fourth-order valence-corrected chi connectivity index (χ4v) is 4.28. The van der Waals surface area contributed by atoms with Crippen LogP contribution in [0.25, 0.3) is 22.8 Å². The second-order valence-electron chi connectivity index (χ2n) is 7.88. The van der Waals surface area contributed by atoms with Crippen molar-refractivity contribution in [3.8, 4) is 22.8 Å². The molecule has 3 N–H and O–H groups in total. The standard InChI is InChI=1S/C24H24ClN9/c1-27-21(7-9-26)30-24-28-10-8-19(29-24)17-13-20-23-32-31-22(14-16-5-2-3-6-18(16)25)34(23)12-4-11-33(20)15-17/h2-3,5-10,13,15H,4,11-12,14,26H2,1H3,(H,27,28,29,30). The number of benzene rings is 1. The van der Waals surface area contributed by atoms with Crippen molar-refractivity contribution in [3.63, 3.8) is 0 Å². The van der Waals surface area contributed by atoms with E-state index in [4.69, 9.17) is 17.3 Å². The van der Waals surface area contributed by atoms with Gasteiger partial charge >= 0.3 is 0 Å². The molecule has 0 amide bonds. The second kappa shape index (κ2) is 9.48. The third-order valence-electron chi connectivity index (χ3n) is 5.73. The Balaban J connectivity index is 1.47. The summed E-state index contributed by atoms with van der Waals surface area (Å²) in [5.41, 5.74) is 9.31. The molecule has 10 heteroatoms. The van der Waals surface area contributed by atoms with Gasteiger partial charge in [0, 0.05) is 49.5 Å². The number of nitrogens with zero attached hydrogens (tertiary/aromatic N) is 7. The fraction of sp³-hybridized carbons (Fsp3) is 0.208. The summed E-state index contributed by atoms with van der Waals surface area (Å²) >= 11 is 6.38. The Morgan fingerprint density at radius 2 is 2.12 bits per heavy atom. The van der Waals surface area contributed by atoms with Crippen LogP contribution in [0.3, 0.4) is 0 Å². The molecule has 3 aromatic heterocycles. The van der Waals surface area contributed by atoms with Gasteiger partial charge in [0.1, 0.15) is 11.7 Å². The Labute approximate surface area is 202 Å². The second-order valence-corrected chi connectivity index (χ2v) is 8.29. The molecule has 0 radical (unpaired) electrons. The van der Waals surface area contributed by atoms with Gasteiger partial charge in [-0.25, -0.2) is 9.97 Å². The molecule has 0 unspecified atom stereocenters. The largest absolute Gasteiger partial charge is 0.404 e. The van der Waals surface area contributed by atoms with Crippen LogP contribution >= 0.6 is 11.6 Å². The van der Waals surface area contributed by atoms with Crippen molar-refractivity contribution < 1.29 is 0 Å². The molecule has 0 spiro atoms. The van der Waals surface area contributed by atoms with Crippen molar-refractivity contribution in [2.45, 2.75) is 25.9 Å². The van der Waals surface area contributed by atoms with E-state index in [-0.39, 0.29) is 0 Å². The van der Waals surface area contributed by atoms with E-state index in [1.165, 1.54) is 6.20 Å². The number of anilines is 1. The maximum Gasteiger partial charge on any atom is 0.228 e. The predicted molar refractivity (Wildman–Crippen MR) is 134 cm³/mol. The highest BCUT2D eigenvalue weighted by Crippen LogP contribution is 2.31. The number of aromatic nitrogens is 6. The number of halogens is 1. The predicted octanol–water partition coefficient (Wildman–Crippen LogP) is 3.76. The number of aryl methyl sites for hydroxylation is 1. The molecule has 0 bridgehead atoms. The summed E-state index contributed by atoms with van der Waals surface area (Å²) < 4.78 is 4.41. The Bertz CT molecular complexity index is 1380. The maximum atomic E-state index is 6.38. The first-order valence-corrected chi connectivity index (χ1v) is 11.4. The van der Waals surface area contributed by atoms with Gasteiger partial charge < -0.3 is 20.2 Å². The van der Waals surface area contributed by atoms with Crippen LogP contribution in [-0.4, -0.2) is 42.2 Å². The van der Waals surface area contributed by atoms with Gasteiger partial charge in [0.15, 0.2) is 5.82 Å². The molecule has 0 fully saturated rings. The van der Waals surface area contributed by atoms with E-state index in [0.717, 1.165) is 58.7 Å². The smallest absolute Gasteiger partial charge is 0.228 e. The molecular formula is C24H24ClN9. The monoisotopic (exact) mass is 473 g/mol. The van der Waals surface area contributed by atoms with Gasteiger partial charge in [0.2, 0.25) is 5.95 Å². The van der Waals surface area contributed by atoms with E-state index in [9.17, 15) is 0 Å². The molecule has 34 heavy (non-hydrogen) atoms. The number of nitrogens with two attached hydrogens (primary N) is 1. The molecule has 5 rings (SSSR count). The molecule has 172 valence electrons. The SMILES string of the molecule is CN=C(C=CN)Nc1nccc(-c2cc3n(c2)CCCn2c(Cc4ccccc4Cl)nnc2-3)n1. The van der Waals surface area contributed by atoms with Crippen LogP contribution in [0.2, 0.25) is 5.02 Å². The van der Waals surface area contributed by atoms with E-state index in [1.54, 1.807) is 19.3 Å². The molecule has 0 saturated heterocycles. The third kappa shape index (κ3) is 4.29. The quantitative estimate of drug-likeness (QED) is 0.337. The van der Waals surface area contributed by atoms with Crippen LogP contribution in [0.1, 0.15) is 17.8 Å². The average Bonchev–Trinajstić information content (AvgIpc) is 3.40. The minimum absolute atomic E-state index is 0.447. The Morgan fingerprint density at radius 3 is 2.94 bits per heavy atom. The number of rotatable bonds is 5. The van der Waals surface area contributed by atoms with Crippen LogP contribution < -0.4 is 11.1 Å². The van der Waals surface area contributed by atoms with Crippen LogP contribution in [-0.2, 0) is 19.5 Å². The minimum atomic E-state index is 0.447. The minimum Gasteiger partial charge on any atom is -0.404 e. The van der Waals surface area contributed by atoms with Crippen molar-refractivity contribution in [1.82, 2.24) is 29.3 Å². The number of aliphatic imine (C=N–C) groups is 1. The van der Waals surface area contributed by atoms with E-state index in [2.05, 4.69) is 51.9 Å². The number of hydrogen-bond donors (Lipinski definition) is 2. The van der Waals surface area contributed by atoms with Crippen LogP contribution in [0.5, 0.6) is 0 Å². The normalized spacial score (nSPS) is 13.5. The van der Waals surface area contributed by atoms with Crippen LogP contribution in [0, 0.1) is 0 Å². The van der Waals surface area contributed by atoms with Crippen molar-refractivity contribution >= 4 is 23.4 Å². The molecule has 1 aliphatic heterocycles. The van der Waals surface area contributed by atoms with Gasteiger partial charge in [-0.3, -0.25) is 4.99 Å². The number of nitrogens with one attached hydrogen (secondary N) is 1. The van der Waals surface area contributed by atoms with Gasteiger partial charge in [-0.2, -0.15) is 0 Å². The van der Waals surface area contributed by atoms with Gasteiger partial charge in [0.25, 0.3) is 0 Å². The van der Waals surface area contributed by atoms with Gasteiger partial charge in [-0.15, -0.1) is 10.2 Å². The van der Waals surface area contributed by atoms with E-state index < -0.39 is 0 Å². The molecule has 1 aromatic carbocycles. The number of hydrogen-bond acceptors (Lipinski definition) is 6. The molecular weight excluding hydrogens is 450 g/mol. The molecule has 0 saturated carbocycles. The Hall–Kier alpha value is -3.98. The highest BCUT2D eigenvalue weighted by atomic mass is 35.5. The first-order valence-electron chi connectivity index (χ1n) is 11.0. The topological polar surface area (TPSA) is 112 Å². The van der Waals surface area contributed by atoms with Crippen LogP contribution in [0.15, 0.2) is 66.1 Å². The first kappa shape index (κ1) is 21.8. The van der Waals surface area contributed by atoms with Gasteiger partial charge in [-0.1, -0.05) is 29.8 Å². The van der Waals surface area contributed by atoms with E-state index >= 15 is 0 Å². The Kier molecular flexibility index (Phi) is 6.09. The summed E-state index contributed by atoms with van der Waals surface area (Å²) in [6, 6.07) is 11.8. The van der Waals surface area contributed by atoms with E-state index in [0.29, 0.717) is 18.2 Å². The summed E-state index contributed by atoms with van der Waals surface area (Å²) in [7, 11) is 1.67. The lowest BCUT2D eigenvalue weighted by atomic mass is 10.1. The zero-order chi connectivity index (χ0) is 23.5. The lowest BCUT2D eigenvalue weighted by Gasteiger charge is -2.08. The summed E-state index contributed by atoms with van der Waals surface area (Å²) in [6.07, 6.45) is 8.51. The number of amidine groups is 1. The van der Waals surface area contributed by atoms with Crippen LogP contribution in [0.4, 0.5) is 5.95 Å². The lowest BCUT2D eigenvalue weighted by Crippen LogP contribution is -2.12. The molecule has 1 aliphatic rings. The van der Waals surface area contributed by atoms with Crippen molar-refractivity contribution in [2.75, 3.05) is 12.4 Å². The average molecular weight is 474 g/mol. The molecule has 9 nitrogen and oxygen atoms in total. The zero-order valence-corrected chi connectivity index (χ0v) is 19.4. The summed E-state index contributed by atoms with van der Waals surface area (Å²) in [5.74, 6) is 2.79. The lowest BCUT2D eigenvalue weighted by molar-refractivity contribution is 0.580. The maximum absolute atomic E-state index is 6.38. The molecule has 0 atom stereocenters. The number of fused-ring (bicyclic) bond motifs is 3. The zero-order valence-electron chi connectivity index (χ0n) is 18.7. The Morgan fingerprint density at radius 1 is 1.24 bits per heavy atom. The molecule has 4 heterocycles. The van der Waals surface area contributed by atoms with Crippen molar-refractivity contribution in [2.24, 2.45) is 10.7 Å². The highest BCUT2D eigenvalue weighted by Gasteiger charge is 2.22. The van der Waals surface area contributed by atoms with Crippen molar-refractivity contribution in [1.29, 1.82) is 0 Å². The summed E-state index contributed by atoms with van der Waals surface area (Å²) in [4.78, 5) is 13.1. The van der Waals surface area contributed by atoms with Gasteiger partial charge in [0.05, 0.1) is 11.4 Å². The molecule has 4 aromatic rings. The highest BCUT2D eigenvalue weighted by molar-refractivity contribution is 6.31. The third-order valence-corrected chi connectivity index (χ3v) is 6.10. The van der Waals surface area contributed by atoms with Crippen molar-refractivity contribution in [3.05, 3.63) is 77.5 Å². The fourth-order valence-electron chi connectivity index (χ4n) is 4.08. The van der Waals surface area contributed by atoms with E-state index in [1.807, 2.05) is 30.3 Å².